The number of rotatable bonds is 6. The number of likely N-dealkylation sites (tertiary alicyclic amines) is 1. The molecule has 7 heteroatoms. The van der Waals surface area contributed by atoms with Gasteiger partial charge in [-0.15, -0.1) is 0 Å². The molecule has 192 valence electrons. The lowest BCUT2D eigenvalue weighted by Crippen LogP contribution is -2.49. The molecule has 2 heterocycles. The number of benzene rings is 3. The number of amides is 3. The molecule has 0 unspecified atom stereocenters. The number of piperazine rings is 1. The molecule has 5 rings (SSSR count). The molecular weight excluding hydrogens is 464 g/mol. The Bertz CT molecular complexity index is 1240. The first-order chi connectivity index (χ1) is 18.1. The third kappa shape index (κ3) is 5.77. The second-order valence-electron chi connectivity index (χ2n) is 9.84. The van der Waals surface area contributed by atoms with Gasteiger partial charge in [0.1, 0.15) is 0 Å². The van der Waals surface area contributed by atoms with Crippen molar-refractivity contribution in [3.05, 3.63) is 78.4 Å². The van der Waals surface area contributed by atoms with E-state index < -0.39 is 0 Å². The monoisotopic (exact) mass is 498 g/mol. The van der Waals surface area contributed by atoms with Crippen LogP contribution >= 0.6 is 0 Å². The minimum absolute atomic E-state index is 0.0149. The van der Waals surface area contributed by atoms with Gasteiger partial charge in [-0.05, 0) is 41.8 Å². The minimum Gasteiger partial charge on any atom is -0.368 e. The summed E-state index contributed by atoms with van der Waals surface area (Å²) in [5, 5.41) is 4.97. The Balaban J connectivity index is 1.04. The van der Waals surface area contributed by atoms with Crippen molar-refractivity contribution in [2.24, 2.45) is 5.92 Å². The van der Waals surface area contributed by atoms with Crippen LogP contribution in [0.2, 0.25) is 0 Å². The van der Waals surface area contributed by atoms with Crippen LogP contribution in [0.1, 0.15) is 29.6 Å². The number of carbonyl (C=O) groups is 3. The lowest BCUT2D eigenvalue weighted by molar-refractivity contribution is -0.131. The number of hydrogen-bond acceptors (Lipinski definition) is 4. The quantitative estimate of drug-likeness (QED) is 0.564. The van der Waals surface area contributed by atoms with Gasteiger partial charge < -0.3 is 20.0 Å². The fourth-order valence-corrected chi connectivity index (χ4v) is 5.37. The number of carbonyl (C=O) groups excluding carboxylic acids is 3. The summed E-state index contributed by atoms with van der Waals surface area (Å²) in [5.74, 6) is -0.0304. The normalized spacial score (nSPS) is 16.6. The van der Waals surface area contributed by atoms with E-state index in [1.165, 1.54) is 5.69 Å². The van der Waals surface area contributed by atoms with Gasteiger partial charge in [0.15, 0.2) is 0 Å². The molecule has 0 aliphatic carbocycles. The molecule has 0 saturated carbocycles. The van der Waals surface area contributed by atoms with Crippen molar-refractivity contribution in [1.29, 1.82) is 0 Å². The summed E-state index contributed by atoms with van der Waals surface area (Å²) in [6, 6.07) is 24.0. The van der Waals surface area contributed by atoms with Crippen LogP contribution in [0.3, 0.4) is 0 Å². The average Bonchev–Trinajstić information content (AvgIpc) is 2.97. The van der Waals surface area contributed by atoms with E-state index in [0.29, 0.717) is 57.5 Å². The standard InChI is InChI=1S/C30H34N4O3/c35-28(33-21-19-32(20-22-33)25-9-2-1-3-10-25)13-16-31-29(36)24-14-17-34(18-15-24)30(37)27-12-6-8-23-7-4-5-11-26(23)27/h1-12,24H,13-22H2,(H,31,36). The van der Waals surface area contributed by atoms with E-state index in [9.17, 15) is 14.4 Å². The maximum Gasteiger partial charge on any atom is 0.254 e. The number of anilines is 1. The van der Waals surface area contributed by atoms with Crippen LogP contribution in [0.15, 0.2) is 72.8 Å². The Morgan fingerprint density at radius 3 is 2.16 bits per heavy atom. The Morgan fingerprint density at radius 1 is 0.730 bits per heavy atom. The van der Waals surface area contributed by atoms with Crippen molar-refractivity contribution < 1.29 is 14.4 Å². The zero-order valence-electron chi connectivity index (χ0n) is 21.1. The number of hydrogen-bond donors (Lipinski definition) is 1. The van der Waals surface area contributed by atoms with Gasteiger partial charge in [0.25, 0.3) is 5.91 Å². The van der Waals surface area contributed by atoms with E-state index in [4.69, 9.17) is 0 Å². The molecule has 0 aromatic heterocycles. The Kier molecular flexibility index (Phi) is 7.68. The van der Waals surface area contributed by atoms with E-state index in [1.807, 2.05) is 70.5 Å². The van der Waals surface area contributed by atoms with Gasteiger partial charge in [-0.25, -0.2) is 0 Å². The van der Waals surface area contributed by atoms with Crippen molar-refractivity contribution in [3.63, 3.8) is 0 Å². The maximum atomic E-state index is 13.2. The molecule has 0 radical (unpaired) electrons. The fraction of sp³-hybridized carbons (Fsp3) is 0.367. The van der Waals surface area contributed by atoms with Gasteiger partial charge >= 0.3 is 0 Å². The summed E-state index contributed by atoms with van der Waals surface area (Å²) in [6.45, 7) is 4.51. The zero-order valence-corrected chi connectivity index (χ0v) is 21.1. The van der Waals surface area contributed by atoms with Crippen LogP contribution in [-0.2, 0) is 9.59 Å². The number of para-hydroxylation sites is 1. The maximum absolute atomic E-state index is 13.2. The van der Waals surface area contributed by atoms with Crippen LogP contribution in [0.25, 0.3) is 10.8 Å². The summed E-state index contributed by atoms with van der Waals surface area (Å²) < 4.78 is 0. The van der Waals surface area contributed by atoms with Crippen LogP contribution in [0.5, 0.6) is 0 Å². The van der Waals surface area contributed by atoms with E-state index in [-0.39, 0.29) is 23.6 Å². The first-order valence-corrected chi connectivity index (χ1v) is 13.2. The number of piperidine rings is 1. The Morgan fingerprint density at radius 2 is 1.41 bits per heavy atom. The third-order valence-electron chi connectivity index (χ3n) is 7.56. The highest BCUT2D eigenvalue weighted by molar-refractivity contribution is 6.07. The average molecular weight is 499 g/mol. The highest BCUT2D eigenvalue weighted by Gasteiger charge is 2.28. The minimum atomic E-state index is -0.124. The zero-order chi connectivity index (χ0) is 25.6. The first-order valence-electron chi connectivity index (χ1n) is 13.2. The predicted molar refractivity (Wildman–Crippen MR) is 145 cm³/mol. The molecule has 2 fully saturated rings. The summed E-state index contributed by atoms with van der Waals surface area (Å²) in [7, 11) is 0. The second kappa shape index (κ2) is 11.5. The fourth-order valence-electron chi connectivity index (χ4n) is 5.37. The topological polar surface area (TPSA) is 73.0 Å². The smallest absolute Gasteiger partial charge is 0.254 e. The lowest BCUT2D eigenvalue weighted by Gasteiger charge is -2.36. The van der Waals surface area contributed by atoms with Gasteiger partial charge in [0, 0.05) is 69.4 Å². The van der Waals surface area contributed by atoms with Crippen LogP contribution in [0.4, 0.5) is 5.69 Å². The van der Waals surface area contributed by atoms with Gasteiger partial charge in [-0.2, -0.15) is 0 Å². The second-order valence-corrected chi connectivity index (χ2v) is 9.84. The molecule has 3 amide bonds. The number of fused-ring (bicyclic) bond motifs is 1. The van der Waals surface area contributed by atoms with Gasteiger partial charge in [-0.1, -0.05) is 54.6 Å². The summed E-state index contributed by atoms with van der Waals surface area (Å²) in [4.78, 5) is 44.6. The first kappa shape index (κ1) is 24.8. The SMILES string of the molecule is O=C(NCCC(=O)N1CCN(c2ccccc2)CC1)C1CCN(C(=O)c2cccc3ccccc23)CC1. The highest BCUT2D eigenvalue weighted by Crippen LogP contribution is 2.24. The van der Waals surface area contributed by atoms with E-state index in [2.05, 4.69) is 22.3 Å². The number of nitrogens with zero attached hydrogens (tertiary/aromatic N) is 3. The van der Waals surface area contributed by atoms with Crippen molar-refractivity contribution in [2.75, 3.05) is 50.7 Å². The molecular formula is C30H34N4O3. The van der Waals surface area contributed by atoms with E-state index in [1.54, 1.807) is 0 Å². The van der Waals surface area contributed by atoms with Gasteiger partial charge in [0.2, 0.25) is 11.8 Å². The van der Waals surface area contributed by atoms with Gasteiger partial charge in [-0.3, -0.25) is 14.4 Å². The summed E-state index contributed by atoms with van der Waals surface area (Å²) >= 11 is 0. The highest BCUT2D eigenvalue weighted by atomic mass is 16.2. The molecule has 0 atom stereocenters. The molecule has 3 aromatic carbocycles. The van der Waals surface area contributed by atoms with Crippen molar-refractivity contribution >= 4 is 34.2 Å². The Labute approximate surface area is 218 Å². The largest absolute Gasteiger partial charge is 0.368 e. The molecule has 0 spiro atoms. The molecule has 0 bridgehead atoms. The van der Waals surface area contributed by atoms with Crippen molar-refractivity contribution in [3.8, 4) is 0 Å². The molecule has 2 aliphatic heterocycles. The van der Waals surface area contributed by atoms with Crippen LogP contribution in [-0.4, -0.2) is 73.3 Å². The van der Waals surface area contributed by atoms with Crippen molar-refractivity contribution in [2.45, 2.75) is 19.3 Å². The number of nitrogens with one attached hydrogen (secondary N) is 1. The van der Waals surface area contributed by atoms with Crippen molar-refractivity contribution in [1.82, 2.24) is 15.1 Å². The summed E-state index contributed by atoms with van der Waals surface area (Å²) in [6.07, 6.45) is 1.59. The van der Waals surface area contributed by atoms with Gasteiger partial charge in [0.05, 0.1) is 0 Å². The lowest BCUT2D eigenvalue weighted by atomic mass is 9.94. The van der Waals surface area contributed by atoms with E-state index >= 15 is 0 Å². The van der Waals surface area contributed by atoms with E-state index in [0.717, 1.165) is 23.9 Å². The van der Waals surface area contributed by atoms with Crippen LogP contribution < -0.4 is 10.2 Å². The molecule has 37 heavy (non-hydrogen) atoms. The molecule has 3 aromatic rings. The molecule has 2 aliphatic rings. The third-order valence-corrected chi connectivity index (χ3v) is 7.56. The molecule has 1 N–H and O–H groups in total. The molecule has 2 saturated heterocycles. The van der Waals surface area contributed by atoms with Crippen LogP contribution in [0, 0.1) is 5.92 Å². The Hall–Kier alpha value is -3.87. The summed E-state index contributed by atoms with van der Waals surface area (Å²) in [5.41, 5.74) is 1.90. The predicted octanol–water partition coefficient (Wildman–Crippen LogP) is 3.55. The molecule has 7 nitrogen and oxygen atoms in total.